The molecule has 0 aliphatic carbocycles. The molecule has 120 valence electrons. The van der Waals surface area contributed by atoms with Crippen molar-refractivity contribution in [3.63, 3.8) is 0 Å². The molecule has 7 heteroatoms. The Morgan fingerprint density at radius 2 is 1.88 bits per heavy atom. The van der Waals surface area contributed by atoms with Gasteiger partial charge in [-0.2, -0.15) is 0 Å². The summed E-state index contributed by atoms with van der Waals surface area (Å²) in [7, 11) is 5.72. The summed E-state index contributed by atoms with van der Waals surface area (Å²) >= 11 is 6.38. The molecule has 24 heavy (non-hydrogen) atoms. The molecule has 0 aliphatic heterocycles. The Bertz CT molecular complexity index is 943. The zero-order chi connectivity index (χ0) is 17.6. The Morgan fingerprint density at radius 1 is 1.25 bits per heavy atom. The van der Waals surface area contributed by atoms with E-state index in [2.05, 4.69) is 31.9 Å². The van der Waals surface area contributed by atoms with E-state index in [1.54, 1.807) is 18.2 Å². The van der Waals surface area contributed by atoms with Crippen molar-refractivity contribution in [1.29, 1.82) is 0 Å². The highest BCUT2D eigenvalue weighted by atomic mass is 79.9. The Labute approximate surface area is 155 Å². The van der Waals surface area contributed by atoms with Crippen LogP contribution in [0.1, 0.15) is 34.8 Å². The lowest BCUT2D eigenvalue weighted by Crippen LogP contribution is -2.05. The quantitative estimate of drug-likeness (QED) is 0.463. The molecule has 2 aromatic carbocycles. The molecule has 0 fully saturated rings. The summed E-state index contributed by atoms with van der Waals surface area (Å²) in [6.07, 6.45) is -1.46. The van der Waals surface area contributed by atoms with Crippen molar-refractivity contribution < 1.29 is 18.7 Å². The van der Waals surface area contributed by atoms with Gasteiger partial charge in [0.05, 0.1) is 14.5 Å². The van der Waals surface area contributed by atoms with E-state index in [1.807, 2.05) is 0 Å². The first-order valence-corrected chi connectivity index (χ1v) is 8.57. The Balaban J connectivity index is 2.24. The Hall–Kier alpha value is -1.60. The maximum atomic E-state index is 14.0. The van der Waals surface area contributed by atoms with Crippen LogP contribution in [0.5, 0.6) is 5.75 Å². The van der Waals surface area contributed by atoms with Gasteiger partial charge < -0.3 is 9.52 Å². The van der Waals surface area contributed by atoms with Gasteiger partial charge in [0.25, 0.3) is 0 Å². The number of fused-ring (bicyclic) bond motifs is 1. The minimum atomic E-state index is -1.46. The maximum absolute atomic E-state index is 14.0. The molecule has 0 bridgehead atoms. The topological polar surface area (TPSA) is 50.4 Å². The summed E-state index contributed by atoms with van der Waals surface area (Å²) in [6.45, 7) is 1.31. The summed E-state index contributed by atoms with van der Waals surface area (Å²) in [6, 6.07) is 7.78. The fraction of sp³-hybridized carbons (Fsp3) is 0.118. The number of rotatable bonds is 3. The summed E-state index contributed by atoms with van der Waals surface area (Å²) in [5.41, 5.74) is 1.26. The average Bonchev–Trinajstić information content (AvgIpc) is 2.90. The van der Waals surface area contributed by atoms with Gasteiger partial charge in [-0.05, 0) is 57.0 Å². The summed E-state index contributed by atoms with van der Waals surface area (Å²) in [5, 5.41) is 10.3. The van der Waals surface area contributed by atoms with E-state index < -0.39 is 12.0 Å². The maximum Gasteiger partial charge on any atom is 0.197 e. The normalized spacial score (nSPS) is 12.5. The number of hydrogen-bond donors (Lipinski definition) is 1. The van der Waals surface area contributed by atoms with E-state index in [0.29, 0.717) is 25.4 Å². The zero-order valence-electron chi connectivity index (χ0n) is 12.4. The van der Waals surface area contributed by atoms with Crippen molar-refractivity contribution >= 4 is 61.9 Å². The lowest BCUT2D eigenvalue weighted by Gasteiger charge is -2.07. The molecule has 3 nitrogen and oxygen atoms in total. The molecule has 0 saturated carbocycles. The third-order valence-electron chi connectivity index (χ3n) is 3.61. The summed E-state index contributed by atoms with van der Waals surface area (Å²) < 4.78 is 20.2. The van der Waals surface area contributed by atoms with Crippen molar-refractivity contribution in [3.05, 3.63) is 56.2 Å². The molecular formula is C17H10BBr2FO3. The van der Waals surface area contributed by atoms with E-state index >= 15 is 0 Å². The molecule has 0 amide bonds. The van der Waals surface area contributed by atoms with Gasteiger partial charge in [-0.1, -0.05) is 17.6 Å². The average molecular weight is 452 g/mol. The second-order valence-electron chi connectivity index (χ2n) is 5.33. The molecule has 0 saturated heterocycles. The molecule has 1 aromatic heterocycles. The number of carbonyl (C=O) groups excluding carboxylic acids is 1. The predicted octanol–water partition coefficient (Wildman–Crippen LogP) is 4.72. The molecule has 2 radical (unpaired) electrons. The van der Waals surface area contributed by atoms with E-state index in [1.165, 1.54) is 19.1 Å². The molecule has 1 atom stereocenters. The third kappa shape index (κ3) is 2.91. The van der Waals surface area contributed by atoms with E-state index in [9.17, 15) is 14.3 Å². The minimum absolute atomic E-state index is 0.0181. The van der Waals surface area contributed by atoms with Gasteiger partial charge in [0.1, 0.15) is 24.9 Å². The zero-order valence-corrected chi connectivity index (χ0v) is 15.6. The first kappa shape index (κ1) is 17.2. The molecule has 1 heterocycles. The third-order valence-corrected chi connectivity index (χ3v) is 4.82. The second kappa shape index (κ2) is 6.37. The number of furan rings is 1. The number of hydrogen-bond acceptors (Lipinski definition) is 3. The molecule has 1 unspecified atom stereocenters. The molecule has 3 aromatic rings. The number of carbonyl (C=O) groups is 1. The van der Waals surface area contributed by atoms with E-state index in [4.69, 9.17) is 12.3 Å². The van der Waals surface area contributed by atoms with Crippen LogP contribution in [0.2, 0.25) is 0 Å². The van der Waals surface area contributed by atoms with Crippen LogP contribution in [0.3, 0.4) is 0 Å². The van der Waals surface area contributed by atoms with Crippen molar-refractivity contribution in [2.75, 3.05) is 0 Å². The van der Waals surface area contributed by atoms with Crippen molar-refractivity contribution in [1.82, 2.24) is 0 Å². The monoisotopic (exact) mass is 450 g/mol. The van der Waals surface area contributed by atoms with Crippen molar-refractivity contribution in [2.24, 2.45) is 0 Å². The predicted molar refractivity (Wildman–Crippen MR) is 98.1 cm³/mol. The molecule has 1 N–H and O–H groups in total. The largest absolute Gasteiger partial charge is 0.506 e. The number of phenolic OH excluding ortho intramolecular Hbond substituents is 1. The van der Waals surface area contributed by atoms with Gasteiger partial charge in [0, 0.05) is 10.9 Å². The standard InChI is InChI=1S/C17H10BBr2FO3/c1-7(21)17-14(10-3-2-9(18)6-13(10)24-17)15(22)8-4-11(19)16(23)12(20)5-8/h2-7,23H,1H3. The van der Waals surface area contributed by atoms with Crippen LogP contribution < -0.4 is 5.46 Å². The highest BCUT2D eigenvalue weighted by Crippen LogP contribution is 2.37. The SMILES string of the molecule is [B]c1ccc2c(C(=O)c3cc(Br)c(O)c(Br)c3)c(C(C)F)oc2c1. The smallest absolute Gasteiger partial charge is 0.197 e. The van der Waals surface area contributed by atoms with Gasteiger partial charge in [-0.15, -0.1) is 0 Å². The minimum Gasteiger partial charge on any atom is -0.506 e. The number of benzene rings is 2. The van der Waals surface area contributed by atoms with Gasteiger partial charge in [0.2, 0.25) is 0 Å². The number of ketones is 1. The summed E-state index contributed by atoms with van der Waals surface area (Å²) in [5.74, 6) is -0.462. The van der Waals surface area contributed by atoms with Crippen LogP contribution in [0.4, 0.5) is 4.39 Å². The second-order valence-corrected chi connectivity index (χ2v) is 7.04. The number of aromatic hydroxyl groups is 1. The van der Waals surface area contributed by atoms with Gasteiger partial charge >= 0.3 is 0 Å². The van der Waals surface area contributed by atoms with Crippen LogP contribution in [-0.4, -0.2) is 18.7 Å². The number of halogens is 3. The lowest BCUT2D eigenvalue weighted by atomic mass is 9.93. The van der Waals surface area contributed by atoms with E-state index in [0.717, 1.165) is 0 Å². The highest BCUT2D eigenvalue weighted by molar-refractivity contribution is 9.11. The highest BCUT2D eigenvalue weighted by Gasteiger charge is 2.26. The lowest BCUT2D eigenvalue weighted by molar-refractivity contribution is 0.103. The molecule has 0 aliphatic rings. The molecule has 0 spiro atoms. The summed E-state index contributed by atoms with van der Waals surface area (Å²) in [4.78, 5) is 13.0. The van der Waals surface area contributed by atoms with Crippen LogP contribution in [0.25, 0.3) is 11.0 Å². The van der Waals surface area contributed by atoms with Crippen molar-refractivity contribution in [2.45, 2.75) is 13.1 Å². The van der Waals surface area contributed by atoms with Crippen LogP contribution in [0, 0.1) is 0 Å². The number of alkyl halides is 1. The first-order chi connectivity index (χ1) is 11.3. The Kier molecular flexibility index (Phi) is 4.57. The van der Waals surface area contributed by atoms with Crippen LogP contribution >= 0.6 is 31.9 Å². The Morgan fingerprint density at radius 3 is 2.46 bits per heavy atom. The van der Waals surface area contributed by atoms with Crippen LogP contribution in [-0.2, 0) is 0 Å². The molecular weight excluding hydrogens is 442 g/mol. The fourth-order valence-corrected chi connectivity index (χ4v) is 3.67. The number of phenols is 1. The van der Waals surface area contributed by atoms with Crippen LogP contribution in [0.15, 0.2) is 43.7 Å². The van der Waals surface area contributed by atoms with Gasteiger partial charge in [0.15, 0.2) is 12.0 Å². The van der Waals surface area contributed by atoms with Gasteiger partial charge in [-0.25, -0.2) is 4.39 Å². The van der Waals surface area contributed by atoms with Gasteiger partial charge in [-0.3, -0.25) is 4.79 Å². The fourth-order valence-electron chi connectivity index (χ4n) is 2.49. The van der Waals surface area contributed by atoms with E-state index in [-0.39, 0.29) is 22.6 Å². The van der Waals surface area contributed by atoms with Crippen molar-refractivity contribution in [3.8, 4) is 5.75 Å². The first-order valence-electron chi connectivity index (χ1n) is 6.98. The molecule has 3 rings (SSSR count).